The standard InChI is InChI=1S/C8H8N4S/c1-2-7(4-9-3-1)5-10-8-12-11-6-13-8/h1-4,6H,5H2,(H,10,12). The number of hydrogen-bond acceptors (Lipinski definition) is 4. The number of aromatic nitrogens is 3. The normalized spacial score (nSPS) is 11.8. The van der Waals surface area contributed by atoms with Gasteiger partial charge in [0.25, 0.3) is 0 Å². The number of hydrogen-bond donors (Lipinski definition) is 1. The molecule has 4 nitrogen and oxygen atoms in total. The van der Waals surface area contributed by atoms with Gasteiger partial charge in [0.1, 0.15) is 5.51 Å². The molecule has 0 amide bonds. The van der Waals surface area contributed by atoms with Gasteiger partial charge in [-0.3, -0.25) is 15.1 Å². The summed E-state index contributed by atoms with van der Waals surface area (Å²) in [4.78, 5) is 9.14. The quantitative estimate of drug-likeness (QED) is 0.770. The molecule has 0 aliphatic carbocycles. The number of nitrogens with zero attached hydrogens (tertiary/aromatic N) is 3. The molecule has 0 aromatic carbocycles. The molecule has 0 saturated heterocycles. The Hall–Kier alpha value is -1.49. The Balaban J connectivity index is 2.13. The van der Waals surface area contributed by atoms with Crippen molar-refractivity contribution in [1.82, 2.24) is 15.2 Å². The molecule has 0 saturated carbocycles. The third kappa shape index (κ3) is 2.22. The predicted molar refractivity (Wildman–Crippen MR) is 50.0 cm³/mol. The zero-order chi connectivity index (χ0) is 8.93. The summed E-state index contributed by atoms with van der Waals surface area (Å²) in [5.41, 5.74) is 2.83. The third-order valence-electron chi connectivity index (χ3n) is 1.51. The maximum atomic E-state index is 4.30. The molecule has 2 rings (SSSR count). The highest BCUT2D eigenvalue weighted by Crippen LogP contribution is 1.96. The zero-order valence-electron chi connectivity index (χ0n) is 6.84. The van der Waals surface area contributed by atoms with Crippen LogP contribution in [0.5, 0.6) is 0 Å². The van der Waals surface area contributed by atoms with Crippen molar-refractivity contribution in [2.75, 3.05) is 0 Å². The van der Waals surface area contributed by atoms with Crippen molar-refractivity contribution in [3.8, 4) is 0 Å². The van der Waals surface area contributed by atoms with Crippen LogP contribution in [0.1, 0.15) is 5.56 Å². The van der Waals surface area contributed by atoms with Crippen LogP contribution in [0.15, 0.2) is 35.0 Å². The van der Waals surface area contributed by atoms with Crippen LogP contribution in [-0.4, -0.2) is 15.2 Å². The van der Waals surface area contributed by atoms with Crippen molar-refractivity contribution >= 4 is 11.3 Å². The van der Waals surface area contributed by atoms with Crippen molar-refractivity contribution in [1.29, 1.82) is 0 Å². The monoisotopic (exact) mass is 192 g/mol. The topological polar surface area (TPSA) is 53.9 Å². The van der Waals surface area contributed by atoms with Crippen LogP contribution in [0, 0.1) is 0 Å². The van der Waals surface area contributed by atoms with Crippen molar-refractivity contribution in [2.24, 2.45) is 4.99 Å². The molecule has 0 spiro atoms. The highest BCUT2D eigenvalue weighted by molar-refractivity contribution is 7.06. The van der Waals surface area contributed by atoms with E-state index in [0.717, 1.165) is 10.4 Å². The molecular formula is C8H8N4S. The van der Waals surface area contributed by atoms with E-state index in [2.05, 4.69) is 20.2 Å². The second kappa shape index (κ2) is 3.95. The second-order valence-corrected chi connectivity index (χ2v) is 3.28. The maximum Gasteiger partial charge on any atom is 0.200 e. The van der Waals surface area contributed by atoms with E-state index in [0.29, 0.717) is 6.54 Å². The summed E-state index contributed by atoms with van der Waals surface area (Å²) in [6, 6.07) is 3.90. The van der Waals surface area contributed by atoms with Gasteiger partial charge in [0.05, 0.1) is 6.54 Å². The number of pyridine rings is 1. The van der Waals surface area contributed by atoms with Gasteiger partial charge in [-0.2, -0.15) is 5.10 Å². The molecule has 66 valence electrons. The molecule has 5 heteroatoms. The first-order valence-corrected chi connectivity index (χ1v) is 4.71. The van der Waals surface area contributed by atoms with E-state index in [1.54, 1.807) is 11.7 Å². The van der Waals surface area contributed by atoms with E-state index >= 15 is 0 Å². The summed E-state index contributed by atoms with van der Waals surface area (Å²) in [5.74, 6) is 0. The summed E-state index contributed by atoms with van der Waals surface area (Å²) in [6.45, 7) is 0.645. The van der Waals surface area contributed by atoms with Gasteiger partial charge in [0.2, 0.25) is 0 Å². The fraction of sp³-hybridized carbons (Fsp3) is 0.125. The molecule has 2 aromatic rings. The zero-order valence-corrected chi connectivity index (χ0v) is 7.66. The largest absolute Gasteiger partial charge is 0.264 e. The molecule has 13 heavy (non-hydrogen) atoms. The van der Waals surface area contributed by atoms with Crippen LogP contribution < -0.4 is 4.80 Å². The smallest absolute Gasteiger partial charge is 0.200 e. The first-order chi connectivity index (χ1) is 6.45. The van der Waals surface area contributed by atoms with E-state index in [1.165, 1.54) is 11.3 Å². The van der Waals surface area contributed by atoms with E-state index in [4.69, 9.17) is 0 Å². The van der Waals surface area contributed by atoms with E-state index in [-0.39, 0.29) is 0 Å². The second-order valence-electron chi connectivity index (χ2n) is 2.45. The molecule has 0 bridgehead atoms. The average molecular weight is 192 g/mol. The Labute approximate surface area is 79.0 Å². The minimum Gasteiger partial charge on any atom is -0.264 e. The Bertz CT molecular complexity index is 400. The highest BCUT2D eigenvalue weighted by Gasteiger charge is 1.88. The van der Waals surface area contributed by atoms with Gasteiger partial charge in [-0.25, -0.2) is 0 Å². The molecule has 0 fully saturated rings. The van der Waals surface area contributed by atoms with E-state index in [9.17, 15) is 0 Å². The van der Waals surface area contributed by atoms with Gasteiger partial charge in [-0.05, 0) is 11.6 Å². The molecule has 0 aliphatic heterocycles. The van der Waals surface area contributed by atoms with Gasteiger partial charge in [-0.15, -0.1) is 0 Å². The lowest BCUT2D eigenvalue weighted by atomic mass is 10.3. The Morgan fingerprint density at radius 2 is 2.54 bits per heavy atom. The summed E-state index contributed by atoms with van der Waals surface area (Å²) in [5, 5.41) is 6.61. The van der Waals surface area contributed by atoms with Crippen LogP contribution in [0.25, 0.3) is 0 Å². The lowest BCUT2D eigenvalue weighted by molar-refractivity contribution is 0.939. The van der Waals surface area contributed by atoms with Crippen LogP contribution in [0.3, 0.4) is 0 Å². The minimum absolute atomic E-state index is 0.645. The first-order valence-electron chi connectivity index (χ1n) is 3.83. The van der Waals surface area contributed by atoms with Gasteiger partial charge in [0.15, 0.2) is 4.80 Å². The molecule has 0 unspecified atom stereocenters. The molecule has 0 radical (unpaired) electrons. The van der Waals surface area contributed by atoms with Gasteiger partial charge in [-0.1, -0.05) is 17.4 Å². The fourth-order valence-corrected chi connectivity index (χ4v) is 1.36. The van der Waals surface area contributed by atoms with E-state index < -0.39 is 0 Å². The fourth-order valence-electron chi connectivity index (χ4n) is 0.912. The summed E-state index contributed by atoms with van der Waals surface area (Å²) >= 11 is 1.49. The lowest BCUT2D eigenvalue weighted by Gasteiger charge is -1.91. The first kappa shape index (κ1) is 8.12. The number of rotatable bonds is 2. The average Bonchev–Trinajstić information content (AvgIpc) is 2.69. The molecule has 1 N–H and O–H groups in total. The van der Waals surface area contributed by atoms with Crippen molar-refractivity contribution in [3.05, 3.63) is 40.4 Å². The van der Waals surface area contributed by atoms with Gasteiger partial charge < -0.3 is 0 Å². The van der Waals surface area contributed by atoms with Crippen molar-refractivity contribution < 1.29 is 0 Å². The lowest BCUT2D eigenvalue weighted by Crippen LogP contribution is -1.98. The number of nitrogens with one attached hydrogen (secondary N) is 1. The molecular weight excluding hydrogens is 184 g/mol. The van der Waals surface area contributed by atoms with Gasteiger partial charge >= 0.3 is 0 Å². The van der Waals surface area contributed by atoms with Gasteiger partial charge in [0, 0.05) is 12.4 Å². The maximum absolute atomic E-state index is 4.30. The SMILES string of the molecule is c1cncc(C/N=c2\[nH]ncs2)c1. The van der Waals surface area contributed by atoms with Crippen LogP contribution in [0.4, 0.5) is 0 Å². The predicted octanol–water partition coefficient (Wildman–Crippen LogP) is 0.967. The molecule has 0 atom stereocenters. The summed E-state index contributed by atoms with van der Waals surface area (Å²) < 4.78 is 0. The third-order valence-corrected chi connectivity index (χ3v) is 2.16. The summed E-state index contributed by atoms with van der Waals surface area (Å²) in [6.07, 6.45) is 3.56. The molecule has 2 heterocycles. The molecule has 2 aromatic heterocycles. The minimum atomic E-state index is 0.645. The Morgan fingerprint density at radius 1 is 1.54 bits per heavy atom. The van der Waals surface area contributed by atoms with Crippen LogP contribution in [-0.2, 0) is 6.54 Å². The number of H-pyrrole nitrogens is 1. The highest BCUT2D eigenvalue weighted by atomic mass is 32.1. The summed E-state index contributed by atoms with van der Waals surface area (Å²) in [7, 11) is 0. The van der Waals surface area contributed by atoms with E-state index in [1.807, 2.05) is 18.3 Å². The Morgan fingerprint density at radius 3 is 3.23 bits per heavy atom. The van der Waals surface area contributed by atoms with Crippen molar-refractivity contribution in [2.45, 2.75) is 6.54 Å². The molecule has 0 aliphatic rings. The van der Waals surface area contributed by atoms with Crippen LogP contribution in [0.2, 0.25) is 0 Å². The van der Waals surface area contributed by atoms with Crippen LogP contribution >= 0.6 is 11.3 Å². The Kier molecular flexibility index (Phi) is 2.47. The number of aromatic amines is 1. The van der Waals surface area contributed by atoms with Crippen molar-refractivity contribution in [3.63, 3.8) is 0 Å².